The zero-order valence-electron chi connectivity index (χ0n) is 13.3. The second-order valence-electron chi connectivity index (χ2n) is 5.40. The number of ether oxygens (including phenoxy) is 1. The van der Waals surface area contributed by atoms with Crippen LogP contribution in [0.15, 0.2) is 30.3 Å². The molecule has 120 valence electrons. The number of nitrogens with zero attached hydrogens (tertiary/aromatic N) is 2. The number of rotatable bonds is 5. The van der Waals surface area contributed by atoms with Gasteiger partial charge in [0.2, 0.25) is 5.91 Å². The Balaban J connectivity index is 1.94. The fourth-order valence-corrected chi connectivity index (χ4v) is 2.79. The standard InChI is InChI=1S/C17H24N2O3/c1-3-18(4-2)16(20)15-11-8-12-19(15)17(21)22-13-14-9-6-5-7-10-14/h5-7,9-10,15H,3-4,8,11-13H2,1-2H3. The Labute approximate surface area is 131 Å². The van der Waals surface area contributed by atoms with Crippen LogP contribution in [0.3, 0.4) is 0 Å². The van der Waals surface area contributed by atoms with Gasteiger partial charge in [-0.25, -0.2) is 4.79 Å². The van der Waals surface area contributed by atoms with Crippen molar-refractivity contribution < 1.29 is 14.3 Å². The van der Waals surface area contributed by atoms with Crippen LogP contribution in [0, 0.1) is 0 Å². The van der Waals surface area contributed by atoms with Crippen molar-refractivity contribution in [1.29, 1.82) is 0 Å². The molecule has 0 N–H and O–H groups in total. The predicted molar refractivity (Wildman–Crippen MR) is 84.3 cm³/mol. The highest BCUT2D eigenvalue weighted by Gasteiger charge is 2.36. The summed E-state index contributed by atoms with van der Waals surface area (Å²) in [4.78, 5) is 28.1. The van der Waals surface area contributed by atoms with Gasteiger partial charge in [0.25, 0.3) is 0 Å². The Bertz CT molecular complexity index is 500. The zero-order chi connectivity index (χ0) is 15.9. The molecule has 5 heteroatoms. The summed E-state index contributed by atoms with van der Waals surface area (Å²) < 4.78 is 5.36. The topological polar surface area (TPSA) is 49.9 Å². The van der Waals surface area contributed by atoms with Gasteiger partial charge in [0.15, 0.2) is 0 Å². The van der Waals surface area contributed by atoms with E-state index in [2.05, 4.69) is 0 Å². The van der Waals surface area contributed by atoms with Crippen LogP contribution < -0.4 is 0 Å². The first-order chi connectivity index (χ1) is 10.7. The Morgan fingerprint density at radius 3 is 2.55 bits per heavy atom. The minimum Gasteiger partial charge on any atom is -0.445 e. The molecular formula is C17H24N2O3. The zero-order valence-corrected chi connectivity index (χ0v) is 13.3. The van der Waals surface area contributed by atoms with E-state index in [9.17, 15) is 9.59 Å². The quantitative estimate of drug-likeness (QED) is 0.840. The summed E-state index contributed by atoms with van der Waals surface area (Å²) >= 11 is 0. The van der Waals surface area contributed by atoms with E-state index in [1.807, 2.05) is 44.2 Å². The first-order valence-electron chi connectivity index (χ1n) is 7.93. The average Bonchev–Trinajstić information content (AvgIpc) is 3.04. The van der Waals surface area contributed by atoms with Gasteiger partial charge in [-0.3, -0.25) is 9.69 Å². The van der Waals surface area contributed by atoms with Gasteiger partial charge in [0.05, 0.1) is 0 Å². The molecule has 2 amide bonds. The first-order valence-corrected chi connectivity index (χ1v) is 7.93. The lowest BCUT2D eigenvalue weighted by molar-refractivity contribution is -0.135. The highest BCUT2D eigenvalue weighted by Crippen LogP contribution is 2.21. The van der Waals surface area contributed by atoms with Crippen LogP contribution in [0.25, 0.3) is 0 Å². The van der Waals surface area contributed by atoms with Crippen molar-refractivity contribution in [2.45, 2.75) is 39.3 Å². The summed E-state index contributed by atoms with van der Waals surface area (Å²) in [6, 6.07) is 9.19. The van der Waals surface area contributed by atoms with E-state index in [4.69, 9.17) is 4.74 Å². The molecule has 1 atom stereocenters. The Morgan fingerprint density at radius 2 is 1.91 bits per heavy atom. The molecule has 0 saturated carbocycles. The van der Waals surface area contributed by atoms with Gasteiger partial charge in [-0.2, -0.15) is 0 Å². The molecule has 0 aromatic heterocycles. The summed E-state index contributed by atoms with van der Waals surface area (Å²) in [6.45, 7) is 6.06. The monoisotopic (exact) mass is 304 g/mol. The maximum atomic E-state index is 12.5. The van der Waals surface area contributed by atoms with Crippen LogP contribution in [-0.4, -0.2) is 47.5 Å². The van der Waals surface area contributed by atoms with Crippen LogP contribution in [0.1, 0.15) is 32.3 Å². The summed E-state index contributed by atoms with van der Waals surface area (Å²) in [5.74, 6) is 0.0270. The second-order valence-corrected chi connectivity index (χ2v) is 5.40. The van der Waals surface area contributed by atoms with Crippen LogP contribution in [0.4, 0.5) is 4.79 Å². The van der Waals surface area contributed by atoms with Gasteiger partial charge in [0, 0.05) is 19.6 Å². The van der Waals surface area contributed by atoms with E-state index in [0.717, 1.165) is 18.4 Å². The largest absolute Gasteiger partial charge is 0.445 e. The predicted octanol–water partition coefficient (Wildman–Crippen LogP) is 2.66. The van der Waals surface area contributed by atoms with Crippen molar-refractivity contribution in [3.8, 4) is 0 Å². The van der Waals surface area contributed by atoms with Gasteiger partial charge in [-0.05, 0) is 32.3 Å². The van der Waals surface area contributed by atoms with E-state index in [-0.39, 0.29) is 18.6 Å². The molecular weight excluding hydrogens is 280 g/mol. The van der Waals surface area contributed by atoms with Gasteiger partial charge in [0.1, 0.15) is 12.6 Å². The number of likely N-dealkylation sites (tertiary alicyclic amines) is 1. The number of amides is 2. The lowest BCUT2D eigenvalue weighted by Gasteiger charge is -2.28. The summed E-state index contributed by atoms with van der Waals surface area (Å²) in [5, 5.41) is 0. The van der Waals surface area contributed by atoms with Gasteiger partial charge >= 0.3 is 6.09 Å². The van der Waals surface area contributed by atoms with Crippen molar-refractivity contribution >= 4 is 12.0 Å². The molecule has 1 fully saturated rings. The van der Waals surface area contributed by atoms with Crippen LogP contribution >= 0.6 is 0 Å². The molecule has 1 unspecified atom stereocenters. The molecule has 22 heavy (non-hydrogen) atoms. The molecule has 5 nitrogen and oxygen atoms in total. The number of carbonyl (C=O) groups excluding carboxylic acids is 2. The molecule has 1 heterocycles. The molecule has 0 radical (unpaired) electrons. The number of carbonyl (C=O) groups is 2. The fourth-order valence-electron chi connectivity index (χ4n) is 2.79. The minimum atomic E-state index is -0.396. The van der Waals surface area contributed by atoms with E-state index in [0.29, 0.717) is 19.6 Å². The number of benzene rings is 1. The van der Waals surface area contributed by atoms with Crippen molar-refractivity contribution in [2.75, 3.05) is 19.6 Å². The van der Waals surface area contributed by atoms with E-state index in [1.165, 1.54) is 0 Å². The maximum Gasteiger partial charge on any atom is 0.410 e. The summed E-state index contributed by atoms with van der Waals surface area (Å²) in [6.07, 6.45) is 1.17. The summed E-state index contributed by atoms with van der Waals surface area (Å²) in [7, 11) is 0. The van der Waals surface area contributed by atoms with Crippen molar-refractivity contribution in [3.63, 3.8) is 0 Å². The van der Waals surface area contributed by atoms with Gasteiger partial charge in [-0.15, -0.1) is 0 Å². The number of hydrogen-bond acceptors (Lipinski definition) is 3. The lowest BCUT2D eigenvalue weighted by atomic mass is 10.2. The Kier molecular flexibility index (Phi) is 5.81. The Hall–Kier alpha value is -2.04. The smallest absolute Gasteiger partial charge is 0.410 e. The first kappa shape index (κ1) is 16.3. The molecule has 0 aliphatic carbocycles. The van der Waals surface area contributed by atoms with Crippen LogP contribution in [0.2, 0.25) is 0 Å². The maximum absolute atomic E-state index is 12.5. The molecule has 1 aromatic rings. The SMILES string of the molecule is CCN(CC)C(=O)C1CCCN1C(=O)OCc1ccccc1. The van der Waals surface area contributed by atoms with Gasteiger partial charge < -0.3 is 9.64 Å². The van der Waals surface area contributed by atoms with E-state index in [1.54, 1.807) is 9.80 Å². The van der Waals surface area contributed by atoms with Crippen LogP contribution in [0.5, 0.6) is 0 Å². The number of likely N-dealkylation sites (N-methyl/N-ethyl adjacent to an activating group) is 1. The van der Waals surface area contributed by atoms with Crippen LogP contribution in [-0.2, 0) is 16.1 Å². The average molecular weight is 304 g/mol. The molecule has 1 saturated heterocycles. The normalized spacial score (nSPS) is 17.4. The third kappa shape index (κ3) is 3.78. The van der Waals surface area contributed by atoms with E-state index < -0.39 is 6.09 Å². The Morgan fingerprint density at radius 1 is 1.23 bits per heavy atom. The van der Waals surface area contributed by atoms with E-state index >= 15 is 0 Å². The van der Waals surface area contributed by atoms with Crippen molar-refractivity contribution in [1.82, 2.24) is 9.80 Å². The molecule has 1 aliphatic rings. The molecule has 2 rings (SSSR count). The van der Waals surface area contributed by atoms with Gasteiger partial charge in [-0.1, -0.05) is 30.3 Å². The highest BCUT2D eigenvalue weighted by molar-refractivity contribution is 5.86. The molecule has 1 aromatic carbocycles. The molecule has 0 spiro atoms. The third-order valence-electron chi connectivity index (χ3n) is 4.05. The van der Waals surface area contributed by atoms with Crippen molar-refractivity contribution in [3.05, 3.63) is 35.9 Å². The highest BCUT2D eigenvalue weighted by atomic mass is 16.6. The second kappa shape index (κ2) is 7.82. The number of hydrogen-bond donors (Lipinski definition) is 0. The third-order valence-corrected chi connectivity index (χ3v) is 4.05. The fraction of sp³-hybridized carbons (Fsp3) is 0.529. The molecule has 0 bridgehead atoms. The van der Waals surface area contributed by atoms with Crippen molar-refractivity contribution in [2.24, 2.45) is 0 Å². The lowest BCUT2D eigenvalue weighted by Crippen LogP contribution is -2.47. The summed E-state index contributed by atoms with van der Waals surface area (Å²) in [5.41, 5.74) is 0.946. The minimum absolute atomic E-state index is 0.0270. The molecule has 1 aliphatic heterocycles.